The minimum atomic E-state index is 0.0699. The Morgan fingerprint density at radius 1 is 1.47 bits per heavy atom. The second-order valence-corrected chi connectivity index (χ2v) is 4.58. The van der Waals surface area contributed by atoms with E-state index < -0.39 is 0 Å². The molecule has 0 saturated carbocycles. The zero-order valence-corrected chi connectivity index (χ0v) is 9.64. The van der Waals surface area contributed by atoms with Gasteiger partial charge in [-0.1, -0.05) is 18.2 Å². The highest BCUT2D eigenvalue weighted by atomic mass is 16.2. The topological polar surface area (TPSA) is 37.4 Å². The van der Waals surface area contributed by atoms with E-state index >= 15 is 0 Å². The van der Waals surface area contributed by atoms with Crippen LogP contribution in [0.3, 0.4) is 0 Å². The van der Waals surface area contributed by atoms with Gasteiger partial charge in [0, 0.05) is 30.6 Å². The molecule has 1 atom stereocenters. The Morgan fingerprint density at radius 3 is 3.00 bits per heavy atom. The van der Waals surface area contributed by atoms with Crippen molar-refractivity contribution in [2.24, 2.45) is 0 Å². The fourth-order valence-electron chi connectivity index (χ4n) is 2.86. The van der Waals surface area contributed by atoms with Crippen molar-refractivity contribution < 1.29 is 9.59 Å². The summed E-state index contributed by atoms with van der Waals surface area (Å²) in [6, 6.07) is 5.85. The van der Waals surface area contributed by atoms with Gasteiger partial charge in [-0.2, -0.15) is 0 Å². The molecular weight excluding hydrogens is 214 g/mol. The molecule has 1 aliphatic heterocycles. The van der Waals surface area contributed by atoms with E-state index in [9.17, 15) is 9.59 Å². The summed E-state index contributed by atoms with van der Waals surface area (Å²) in [5.41, 5.74) is 3.90. The number of hydrogen-bond donors (Lipinski definition) is 0. The minimum absolute atomic E-state index is 0.0699. The van der Waals surface area contributed by atoms with E-state index in [1.54, 1.807) is 6.92 Å². The average Bonchev–Trinajstić information content (AvgIpc) is 2.71. The average molecular weight is 227 g/mol. The number of anilines is 1. The molecule has 0 saturated heterocycles. The van der Waals surface area contributed by atoms with Crippen molar-refractivity contribution in [3.8, 4) is 0 Å². The molecule has 17 heavy (non-hydrogen) atoms. The molecule has 1 aromatic carbocycles. The maximum Gasteiger partial charge on any atom is 0.223 e. The molecule has 2 aliphatic rings. The van der Waals surface area contributed by atoms with Crippen molar-refractivity contribution in [2.75, 3.05) is 11.4 Å². The van der Waals surface area contributed by atoms with Gasteiger partial charge in [-0.15, -0.1) is 0 Å². The van der Waals surface area contributed by atoms with Crippen LogP contribution >= 0.6 is 0 Å². The van der Waals surface area contributed by atoms with Gasteiger partial charge in [-0.05, 0) is 23.6 Å². The summed E-state index contributed by atoms with van der Waals surface area (Å²) in [7, 11) is 0. The normalized spacial score (nSPS) is 20.9. The first-order valence-corrected chi connectivity index (χ1v) is 5.79. The quantitative estimate of drug-likeness (QED) is 0.689. The highest BCUT2D eigenvalue weighted by molar-refractivity contribution is 6.09. The molecule has 0 spiro atoms. The monoisotopic (exact) mass is 227 g/mol. The summed E-state index contributed by atoms with van der Waals surface area (Å²) in [5.74, 6) is 0.425. The first kappa shape index (κ1) is 10.3. The SMILES string of the molecule is CC(=O)N1CC2CC=C(C=O)c3cccc1c32. The molecule has 1 unspecified atom stereocenters. The molecule has 3 nitrogen and oxygen atoms in total. The van der Waals surface area contributed by atoms with E-state index in [4.69, 9.17) is 0 Å². The van der Waals surface area contributed by atoms with Gasteiger partial charge in [-0.25, -0.2) is 0 Å². The number of allylic oxidation sites excluding steroid dienone is 2. The molecule has 0 aromatic heterocycles. The number of benzene rings is 1. The van der Waals surface area contributed by atoms with Gasteiger partial charge in [0.25, 0.3) is 0 Å². The summed E-state index contributed by atoms with van der Waals surface area (Å²) in [5, 5.41) is 0. The van der Waals surface area contributed by atoms with Gasteiger partial charge in [0.05, 0.1) is 0 Å². The van der Waals surface area contributed by atoms with Crippen LogP contribution in [0.4, 0.5) is 5.69 Å². The lowest BCUT2D eigenvalue weighted by Crippen LogP contribution is -2.26. The number of carbonyl (C=O) groups excluding carboxylic acids is 2. The van der Waals surface area contributed by atoms with Gasteiger partial charge >= 0.3 is 0 Å². The lowest BCUT2D eigenvalue weighted by molar-refractivity contribution is -0.116. The van der Waals surface area contributed by atoms with Crippen molar-refractivity contribution in [1.82, 2.24) is 0 Å². The number of amides is 1. The Kier molecular flexibility index (Phi) is 2.15. The summed E-state index contributed by atoms with van der Waals surface area (Å²) in [6.07, 6.45) is 3.73. The predicted octanol–water partition coefficient (Wildman–Crippen LogP) is 2.12. The molecule has 1 amide bonds. The zero-order chi connectivity index (χ0) is 12.0. The largest absolute Gasteiger partial charge is 0.312 e. The van der Waals surface area contributed by atoms with Gasteiger partial charge in [-0.3, -0.25) is 9.59 Å². The summed E-state index contributed by atoms with van der Waals surface area (Å²) >= 11 is 0. The van der Waals surface area contributed by atoms with Gasteiger partial charge in [0.1, 0.15) is 6.29 Å². The van der Waals surface area contributed by atoms with Crippen molar-refractivity contribution in [3.05, 3.63) is 35.4 Å². The molecule has 1 aromatic rings. The molecule has 0 N–H and O–H groups in total. The second kappa shape index (κ2) is 3.55. The molecule has 0 fully saturated rings. The van der Waals surface area contributed by atoms with Crippen molar-refractivity contribution in [2.45, 2.75) is 19.3 Å². The maximum absolute atomic E-state index is 11.6. The molecule has 1 aliphatic carbocycles. The number of nitrogens with zero attached hydrogens (tertiary/aromatic N) is 1. The Hall–Kier alpha value is -1.90. The van der Waals surface area contributed by atoms with E-state index in [0.717, 1.165) is 36.1 Å². The Bertz CT molecular complexity index is 545. The molecule has 0 bridgehead atoms. The van der Waals surface area contributed by atoms with Crippen molar-refractivity contribution >= 4 is 23.5 Å². The van der Waals surface area contributed by atoms with E-state index in [0.29, 0.717) is 5.92 Å². The summed E-state index contributed by atoms with van der Waals surface area (Å²) in [4.78, 5) is 24.4. The summed E-state index contributed by atoms with van der Waals surface area (Å²) in [6.45, 7) is 2.33. The van der Waals surface area contributed by atoms with Crippen LogP contribution in [0.25, 0.3) is 5.57 Å². The third kappa shape index (κ3) is 1.35. The molecule has 3 heteroatoms. The molecule has 1 heterocycles. The number of rotatable bonds is 1. The first-order valence-electron chi connectivity index (χ1n) is 5.79. The Balaban J connectivity index is 2.20. The molecule has 3 rings (SSSR count). The third-order valence-corrected chi connectivity index (χ3v) is 3.63. The van der Waals surface area contributed by atoms with Gasteiger partial charge in [0.15, 0.2) is 0 Å². The minimum Gasteiger partial charge on any atom is -0.312 e. The lowest BCUT2D eigenvalue weighted by Gasteiger charge is -2.18. The number of aldehydes is 1. The van der Waals surface area contributed by atoms with Crippen LogP contribution in [-0.4, -0.2) is 18.7 Å². The number of hydrogen-bond acceptors (Lipinski definition) is 2. The Morgan fingerprint density at radius 2 is 2.29 bits per heavy atom. The maximum atomic E-state index is 11.6. The van der Waals surface area contributed by atoms with Crippen LogP contribution in [0.1, 0.15) is 30.4 Å². The standard InChI is InChI=1S/C14H13NO2/c1-9(17)15-7-10-5-6-11(8-16)12-3-2-4-13(15)14(10)12/h2-4,6,8,10H,5,7H2,1H3. The first-order chi connectivity index (χ1) is 8.22. The van der Waals surface area contributed by atoms with E-state index in [1.165, 1.54) is 5.56 Å². The van der Waals surface area contributed by atoms with Crippen LogP contribution in [0.5, 0.6) is 0 Å². The molecular formula is C14H13NO2. The fourth-order valence-corrected chi connectivity index (χ4v) is 2.86. The van der Waals surface area contributed by atoms with Gasteiger partial charge < -0.3 is 4.90 Å². The van der Waals surface area contributed by atoms with Crippen LogP contribution in [0.2, 0.25) is 0 Å². The lowest BCUT2D eigenvalue weighted by atomic mass is 9.84. The number of carbonyl (C=O) groups is 2. The second-order valence-electron chi connectivity index (χ2n) is 4.58. The van der Waals surface area contributed by atoms with Crippen molar-refractivity contribution in [3.63, 3.8) is 0 Å². The zero-order valence-electron chi connectivity index (χ0n) is 9.64. The van der Waals surface area contributed by atoms with Crippen LogP contribution < -0.4 is 4.90 Å². The van der Waals surface area contributed by atoms with Crippen LogP contribution in [0, 0.1) is 0 Å². The highest BCUT2D eigenvalue weighted by Gasteiger charge is 2.34. The van der Waals surface area contributed by atoms with E-state index in [1.807, 2.05) is 29.2 Å². The highest BCUT2D eigenvalue weighted by Crippen LogP contribution is 2.45. The fraction of sp³-hybridized carbons (Fsp3) is 0.286. The summed E-state index contributed by atoms with van der Waals surface area (Å²) < 4.78 is 0. The molecule has 86 valence electrons. The van der Waals surface area contributed by atoms with Crippen LogP contribution in [-0.2, 0) is 9.59 Å². The predicted molar refractivity (Wildman–Crippen MR) is 65.9 cm³/mol. The van der Waals surface area contributed by atoms with Gasteiger partial charge in [0.2, 0.25) is 5.91 Å². The Labute approximate surface area is 99.7 Å². The smallest absolute Gasteiger partial charge is 0.223 e. The third-order valence-electron chi connectivity index (χ3n) is 3.63. The van der Waals surface area contributed by atoms with E-state index in [-0.39, 0.29) is 5.91 Å². The van der Waals surface area contributed by atoms with E-state index in [2.05, 4.69) is 0 Å². The molecule has 0 radical (unpaired) electrons. The van der Waals surface area contributed by atoms with Crippen molar-refractivity contribution in [1.29, 1.82) is 0 Å². The van der Waals surface area contributed by atoms with Crippen LogP contribution in [0.15, 0.2) is 24.3 Å².